The van der Waals surface area contributed by atoms with Gasteiger partial charge in [-0.2, -0.15) is 0 Å². The van der Waals surface area contributed by atoms with Gasteiger partial charge in [-0.15, -0.1) is 10.2 Å². The number of amides is 1. The molecule has 3 aromatic rings. The van der Waals surface area contributed by atoms with Crippen molar-refractivity contribution in [2.75, 3.05) is 12.3 Å². The second-order valence-electron chi connectivity index (χ2n) is 6.00. The van der Waals surface area contributed by atoms with Gasteiger partial charge in [-0.1, -0.05) is 41.7 Å². The number of pyridine rings is 1. The molecule has 3 heterocycles. The third-order valence-corrected chi connectivity index (χ3v) is 5.97. The fraction of sp³-hybridized carbons (Fsp3) is 0.211. The number of para-hydroxylation sites is 1. The highest BCUT2D eigenvalue weighted by atomic mass is 32.2. The summed E-state index contributed by atoms with van der Waals surface area (Å²) in [4.78, 5) is 21.0. The normalized spacial score (nSPS) is 14.5. The van der Waals surface area contributed by atoms with Gasteiger partial charge >= 0.3 is 0 Å². The number of aliphatic imine (C=N–C) groups is 1. The van der Waals surface area contributed by atoms with Gasteiger partial charge in [0.1, 0.15) is 0 Å². The first-order valence-corrected chi connectivity index (χ1v) is 10.6. The van der Waals surface area contributed by atoms with Crippen molar-refractivity contribution in [3.63, 3.8) is 0 Å². The number of amidine groups is 1. The van der Waals surface area contributed by atoms with E-state index in [0.717, 1.165) is 23.5 Å². The highest BCUT2D eigenvalue weighted by Crippen LogP contribution is 2.30. The van der Waals surface area contributed by atoms with Crippen molar-refractivity contribution in [1.82, 2.24) is 25.1 Å². The molecule has 0 saturated heterocycles. The molecule has 142 valence electrons. The molecule has 0 saturated carbocycles. The number of hydrogen-bond acceptors (Lipinski definition) is 7. The Balaban J connectivity index is 1.63. The van der Waals surface area contributed by atoms with Gasteiger partial charge in [0, 0.05) is 29.4 Å². The number of benzene rings is 1. The average Bonchev–Trinajstić information content (AvgIpc) is 3.39. The van der Waals surface area contributed by atoms with Crippen LogP contribution in [0.1, 0.15) is 6.92 Å². The molecule has 9 heteroatoms. The Kier molecular flexibility index (Phi) is 5.73. The van der Waals surface area contributed by atoms with Gasteiger partial charge in [0.2, 0.25) is 5.91 Å². The zero-order valence-corrected chi connectivity index (χ0v) is 16.8. The molecule has 0 fully saturated rings. The molecule has 1 atom stereocenters. The van der Waals surface area contributed by atoms with Gasteiger partial charge in [-0.3, -0.25) is 19.3 Å². The maximum absolute atomic E-state index is 12.5. The molecule has 1 N–H and O–H groups in total. The molecule has 0 unspecified atom stereocenters. The number of nitrogens with one attached hydrogen (secondary N) is 1. The minimum Gasteiger partial charge on any atom is -0.304 e. The molecule has 7 nitrogen and oxygen atoms in total. The lowest BCUT2D eigenvalue weighted by atomic mass is 10.2. The number of carbonyl (C=O) groups excluding carboxylic acids is 1. The molecule has 0 spiro atoms. The molecule has 1 aliphatic rings. The Morgan fingerprint density at radius 3 is 2.79 bits per heavy atom. The number of rotatable bonds is 5. The second kappa shape index (κ2) is 8.57. The highest BCUT2D eigenvalue weighted by Gasteiger charge is 2.23. The van der Waals surface area contributed by atoms with Crippen LogP contribution in [-0.4, -0.2) is 48.4 Å². The van der Waals surface area contributed by atoms with Crippen LogP contribution >= 0.6 is 23.5 Å². The fourth-order valence-electron chi connectivity index (χ4n) is 2.67. The summed E-state index contributed by atoms with van der Waals surface area (Å²) in [7, 11) is 0. The lowest BCUT2D eigenvalue weighted by Crippen LogP contribution is -2.34. The number of aromatic nitrogens is 4. The van der Waals surface area contributed by atoms with Crippen molar-refractivity contribution in [2.24, 2.45) is 4.99 Å². The monoisotopic (exact) mass is 410 g/mol. The average molecular weight is 411 g/mol. The van der Waals surface area contributed by atoms with Crippen LogP contribution in [0.2, 0.25) is 0 Å². The molecule has 1 aliphatic heterocycles. The summed E-state index contributed by atoms with van der Waals surface area (Å²) in [5.41, 5.74) is 1.79. The number of nitrogens with zero attached hydrogens (tertiary/aromatic N) is 5. The van der Waals surface area contributed by atoms with E-state index in [1.54, 1.807) is 24.2 Å². The topological polar surface area (TPSA) is 85.1 Å². The van der Waals surface area contributed by atoms with E-state index in [-0.39, 0.29) is 11.2 Å². The Morgan fingerprint density at radius 1 is 1.21 bits per heavy atom. The van der Waals surface area contributed by atoms with Crippen molar-refractivity contribution >= 4 is 34.6 Å². The third kappa shape index (κ3) is 4.10. The predicted molar refractivity (Wildman–Crippen MR) is 113 cm³/mol. The summed E-state index contributed by atoms with van der Waals surface area (Å²) in [5, 5.41) is 12.6. The number of hydrogen-bond donors (Lipinski definition) is 1. The van der Waals surface area contributed by atoms with Crippen LogP contribution in [0.4, 0.5) is 0 Å². The SMILES string of the molecule is C[C@@H](Sc1nnc(-c2cccnc2)n1-c1ccccc1)C(=O)NC1=NCCS1. The van der Waals surface area contributed by atoms with Gasteiger partial charge in [0.25, 0.3) is 0 Å². The van der Waals surface area contributed by atoms with E-state index in [2.05, 4.69) is 25.5 Å². The smallest absolute Gasteiger partial charge is 0.239 e. The summed E-state index contributed by atoms with van der Waals surface area (Å²) in [6.45, 7) is 2.60. The molecule has 2 aromatic heterocycles. The summed E-state index contributed by atoms with van der Waals surface area (Å²) < 4.78 is 1.95. The van der Waals surface area contributed by atoms with Gasteiger partial charge < -0.3 is 5.32 Å². The summed E-state index contributed by atoms with van der Waals surface area (Å²) in [6.07, 6.45) is 3.47. The molecule has 4 rings (SSSR count). The van der Waals surface area contributed by atoms with Gasteiger partial charge in [-0.05, 0) is 31.2 Å². The lowest BCUT2D eigenvalue weighted by molar-refractivity contribution is -0.118. The molecule has 0 radical (unpaired) electrons. The first-order valence-electron chi connectivity index (χ1n) is 8.78. The molecule has 0 aliphatic carbocycles. The van der Waals surface area contributed by atoms with Crippen LogP contribution in [-0.2, 0) is 4.79 Å². The van der Waals surface area contributed by atoms with Crippen LogP contribution < -0.4 is 5.32 Å². The maximum atomic E-state index is 12.5. The zero-order valence-electron chi connectivity index (χ0n) is 15.1. The van der Waals surface area contributed by atoms with Crippen LogP contribution in [0.5, 0.6) is 0 Å². The molecule has 1 amide bonds. The largest absolute Gasteiger partial charge is 0.304 e. The Bertz CT molecular complexity index is 990. The minimum atomic E-state index is -0.350. The van der Waals surface area contributed by atoms with Crippen molar-refractivity contribution in [2.45, 2.75) is 17.3 Å². The van der Waals surface area contributed by atoms with E-state index < -0.39 is 0 Å². The first kappa shape index (κ1) is 18.7. The predicted octanol–water partition coefficient (Wildman–Crippen LogP) is 3.03. The minimum absolute atomic E-state index is 0.0938. The lowest BCUT2D eigenvalue weighted by Gasteiger charge is -2.13. The molecule has 1 aromatic carbocycles. The summed E-state index contributed by atoms with van der Waals surface area (Å²) in [6, 6.07) is 13.7. The standard InChI is InChI=1S/C19H18N6OS2/c1-13(17(26)22-18-21-10-11-27-18)28-19-24-23-16(14-6-5-9-20-12-14)25(19)15-7-3-2-4-8-15/h2-9,12-13H,10-11H2,1H3,(H,21,22,26)/t13-/m1/s1. The zero-order chi connectivity index (χ0) is 19.3. The molecular formula is C19H18N6OS2. The molecule has 28 heavy (non-hydrogen) atoms. The second-order valence-corrected chi connectivity index (χ2v) is 8.40. The highest BCUT2D eigenvalue weighted by molar-refractivity contribution is 8.14. The quantitative estimate of drug-likeness (QED) is 0.651. The third-order valence-electron chi connectivity index (χ3n) is 4.03. The van der Waals surface area contributed by atoms with Gasteiger partial charge in [0.15, 0.2) is 16.1 Å². The van der Waals surface area contributed by atoms with E-state index in [0.29, 0.717) is 16.1 Å². The summed E-state index contributed by atoms with van der Waals surface area (Å²) in [5.74, 6) is 1.50. The summed E-state index contributed by atoms with van der Waals surface area (Å²) >= 11 is 2.93. The number of thioether (sulfide) groups is 2. The Labute approximate surface area is 171 Å². The van der Waals surface area contributed by atoms with Crippen molar-refractivity contribution < 1.29 is 4.79 Å². The maximum Gasteiger partial charge on any atom is 0.239 e. The van der Waals surface area contributed by atoms with E-state index >= 15 is 0 Å². The van der Waals surface area contributed by atoms with Crippen LogP contribution in [0.3, 0.4) is 0 Å². The molecule has 0 bridgehead atoms. The van der Waals surface area contributed by atoms with Crippen molar-refractivity contribution in [3.05, 3.63) is 54.9 Å². The van der Waals surface area contributed by atoms with Crippen LogP contribution in [0.15, 0.2) is 65.0 Å². The van der Waals surface area contributed by atoms with E-state index in [4.69, 9.17) is 0 Å². The molecular weight excluding hydrogens is 392 g/mol. The van der Waals surface area contributed by atoms with E-state index in [1.165, 1.54) is 11.8 Å². The Morgan fingerprint density at radius 2 is 2.07 bits per heavy atom. The first-order chi connectivity index (χ1) is 13.7. The van der Waals surface area contributed by atoms with Crippen LogP contribution in [0, 0.1) is 0 Å². The van der Waals surface area contributed by atoms with E-state index in [1.807, 2.05) is 54.0 Å². The fourth-order valence-corrected chi connectivity index (χ4v) is 4.27. The van der Waals surface area contributed by atoms with Crippen LogP contribution in [0.25, 0.3) is 17.1 Å². The van der Waals surface area contributed by atoms with E-state index in [9.17, 15) is 4.79 Å². The van der Waals surface area contributed by atoms with Crippen molar-refractivity contribution in [3.8, 4) is 17.1 Å². The number of carbonyl (C=O) groups is 1. The van der Waals surface area contributed by atoms with Gasteiger partial charge in [0.05, 0.1) is 11.8 Å². The van der Waals surface area contributed by atoms with Crippen molar-refractivity contribution in [1.29, 1.82) is 0 Å². The van der Waals surface area contributed by atoms with Gasteiger partial charge in [-0.25, -0.2) is 0 Å². The Hall–Kier alpha value is -2.65.